The van der Waals surface area contributed by atoms with Gasteiger partial charge in [0.15, 0.2) is 5.65 Å². The molecule has 0 fully saturated rings. The Kier molecular flexibility index (Phi) is 4.67. The average Bonchev–Trinajstić information content (AvgIpc) is 3.29. The maximum atomic E-state index is 13.3. The molecule has 9 nitrogen and oxygen atoms in total. The highest BCUT2D eigenvalue weighted by molar-refractivity contribution is 5.78. The van der Waals surface area contributed by atoms with Gasteiger partial charge in [-0.3, -0.25) is 18.8 Å². The van der Waals surface area contributed by atoms with Crippen molar-refractivity contribution in [2.75, 3.05) is 0 Å². The zero-order valence-corrected chi connectivity index (χ0v) is 15.8. The number of fused-ring (bicyclic) bond motifs is 1. The Morgan fingerprint density at radius 2 is 1.97 bits per heavy atom. The Hall–Kier alpha value is -3.82. The van der Waals surface area contributed by atoms with Gasteiger partial charge in [-0.1, -0.05) is 12.1 Å². The van der Waals surface area contributed by atoms with E-state index < -0.39 is 11.9 Å². The first-order valence-electron chi connectivity index (χ1n) is 8.83. The molecule has 3 heterocycles. The number of hydrogen-bond acceptors (Lipinski definition) is 5. The molecule has 3 aromatic heterocycles. The number of hydrogen-bond donors (Lipinski definition) is 1. The van der Waals surface area contributed by atoms with Crippen molar-refractivity contribution in [3.05, 3.63) is 76.7 Å². The number of imidazole rings is 1. The zero-order valence-electron chi connectivity index (χ0n) is 15.8. The number of nitrogens with one attached hydrogen (secondary N) is 1. The van der Waals surface area contributed by atoms with E-state index in [-0.39, 0.29) is 17.9 Å². The van der Waals surface area contributed by atoms with Crippen LogP contribution < -0.4 is 10.9 Å². The third-order valence-corrected chi connectivity index (χ3v) is 4.66. The summed E-state index contributed by atoms with van der Waals surface area (Å²) in [5.41, 5.74) is 0.764. The molecule has 0 aliphatic rings. The Morgan fingerprint density at radius 3 is 2.66 bits per heavy atom. The van der Waals surface area contributed by atoms with Gasteiger partial charge in [0.2, 0.25) is 5.91 Å². The van der Waals surface area contributed by atoms with Crippen LogP contribution in [0.4, 0.5) is 4.39 Å². The average molecular weight is 395 g/mol. The van der Waals surface area contributed by atoms with Crippen LogP contribution in [0.1, 0.15) is 17.4 Å². The molecule has 1 aromatic carbocycles. The minimum atomic E-state index is -0.603. The van der Waals surface area contributed by atoms with Gasteiger partial charge in [0.25, 0.3) is 5.56 Å². The molecule has 148 valence electrons. The largest absolute Gasteiger partial charge is 0.341 e. The lowest BCUT2D eigenvalue weighted by molar-refractivity contribution is -0.122. The SMILES string of the molecule is Cn1ccnc1[C@H](NC(=O)Cn1cnc2c(cnn2C)c1=O)c1ccc(F)cc1. The number of aromatic nitrogens is 6. The minimum absolute atomic E-state index is 0.223. The van der Waals surface area contributed by atoms with Gasteiger partial charge in [-0.2, -0.15) is 5.10 Å². The van der Waals surface area contributed by atoms with Crippen LogP contribution >= 0.6 is 0 Å². The monoisotopic (exact) mass is 395 g/mol. The van der Waals surface area contributed by atoms with Crippen molar-refractivity contribution in [3.63, 3.8) is 0 Å². The number of carbonyl (C=O) groups is 1. The highest BCUT2D eigenvalue weighted by Crippen LogP contribution is 2.20. The first-order chi connectivity index (χ1) is 13.9. The van der Waals surface area contributed by atoms with Gasteiger partial charge < -0.3 is 9.88 Å². The second-order valence-corrected chi connectivity index (χ2v) is 6.63. The number of nitrogens with zero attached hydrogens (tertiary/aromatic N) is 6. The summed E-state index contributed by atoms with van der Waals surface area (Å²) < 4.78 is 17.8. The third-order valence-electron chi connectivity index (χ3n) is 4.66. The molecule has 0 bridgehead atoms. The van der Waals surface area contributed by atoms with Crippen molar-refractivity contribution in [1.29, 1.82) is 0 Å². The van der Waals surface area contributed by atoms with Gasteiger partial charge in [0, 0.05) is 26.5 Å². The highest BCUT2D eigenvalue weighted by Gasteiger charge is 2.21. The highest BCUT2D eigenvalue weighted by atomic mass is 19.1. The van der Waals surface area contributed by atoms with Gasteiger partial charge >= 0.3 is 0 Å². The van der Waals surface area contributed by atoms with Gasteiger partial charge in [-0.15, -0.1) is 0 Å². The van der Waals surface area contributed by atoms with E-state index in [4.69, 9.17) is 0 Å². The molecular weight excluding hydrogens is 377 g/mol. The summed E-state index contributed by atoms with van der Waals surface area (Å²) in [4.78, 5) is 33.8. The number of halogens is 1. The quantitative estimate of drug-likeness (QED) is 0.541. The molecule has 4 rings (SSSR count). The van der Waals surface area contributed by atoms with Crippen LogP contribution in [0.5, 0.6) is 0 Å². The van der Waals surface area contributed by atoms with E-state index >= 15 is 0 Å². The van der Waals surface area contributed by atoms with E-state index in [2.05, 4.69) is 20.4 Å². The van der Waals surface area contributed by atoms with Gasteiger partial charge in [0.05, 0.1) is 6.20 Å². The standard InChI is InChI=1S/C19H18FN7O2/c1-25-8-7-21-18(25)16(12-3-5-13(20)6-4-12)24-15(28)10-27-11-22-17-14(19(27)29)9-23-26(17)2/h3-9,11,16H,10H2,1-2H3,(H,24,28)/t16-/m1/s1. The minimum Gasteiger partial charge on any atom is -0.341 e. The zero-order chi connectivity index (χ0) is 20.5. The molecule has 4 aromatic rings. The molecule has 10 heteroatoms. The molecule has 0 spiro atoms. The first-order valence-corrected chi connectivity index (χ1v) is 8.83. The van der Waals surface area contributed by atoms with Crippen LogP contribution in [0.15, 0.2) is 54.0 Å². The normalized spacial score (nSPS) is 12.2. The van der Waals surface area contributed by atoms with E-state index in [1.165, 1.54) is 33.9 Å². The number of aryl methyl sites for hydroxylation is 2. The van der Waals surface area contributed by atoms with E-state index in [0.29, 0.717) is 22.4 Å². The van der Waals surface area contributed by atoms with Crippen LogP contribution in [-0.2, 0) is 25.4 Å². The Labute approximate surface area is 164 Å². The molecule has 0 saturated carbocycles. The topological polar surface area (TPSA) is 99.6 Å². The van der Waals surface area contributed by atoms with Gasteiger partial charge in [-0.05, 0) is 17.7 Å². The predicted molar refractivity (Wildman–Crippen MR) is 102 cm³/mol. The van der Waals surface area contributed by atoms with Crippen molar-refractivity contribution in [3.8, 4) is 0 Å². The lowest BCUT2D eigenvalue weighted by Crippen LogP contribution is -2.36. The fraction of sp³-hybridized carbons (Fsp3) is 0.211. The lowest BCUT2D eigenvalue weighted by Gasteiger charge is -2.19. The molecule has 1 amide bonds. The Bertz CT molecular complexity index is 1240. The first kappa shape index (κ1) is 18.5. The summed E-state index contributed by atoms with van der Waals surface area (Å²) in [5, 5.41) is 7.22. The number of benzene rings is 1. The van der Waals surface area contributed by atoms with Gasteiger partial charge in [-0.25, -0.2) is 14.4 Å². The second kappa shape index (κ2) is 7.30. The van der Waals surface area contributed by atoms with E-state index in [9.17, 15) is 14.0 Å². The molecule has 0 aliphatic heterocycles. The molecule has 0 radical (unpaired) electrons. The Balaban J connectivity index is 1.62. The summed E-state index contributed by atoms with van der Waals surface area (Å²) in [6, 6.07) is 5.22. The number of rotatable bonds is 5. The number of amides is 1. The molecule has 29 heavy (non-hydrogen) atoms. The van der Waals surface area contributed by atoms with Crippen LogP contribution in [0.3, 0.4) is 0 Å². The summed E-state index contributed by atoms with van der Waals surface area (Å²) in [6.45, 7) is -0.223. The summed E-state index contributed by atoms with van der Waals surface area (Å²) in [6.07, 6.45) is 6.11. The maximum Gasteiger partial charge on any atom is 0.264 e. The third kappa shape index (κ3) is 3.51. The molecule has 0 saturated heterocycles. The molecular formula is C19H18FN7O2. The summed E-state index contributed by atoms with van der Waals surface area (Å²) in [5.74, 6) is -0.200. The molecule has 0 aliphatic carbocycles. The van der Waals surface area contributed by atoms with Crippen LogP contribution in [-0.4, -0.2) is 34.8 Å². The fourth-order valence-electron chi connectivity index (χ4n) is 3.15. The van der Waals surface area contributed by atoms with Crippen molar-refractivity contribution in [2.24, 2.45) is 14.1 Å². The molecule has 1 N–H and O–H groups in total. The van der Waals surface area contributed by atoms with Crippen LogP contribution in [0, 0.1) is 5.82 Å². The van der Waals surface area contributed by atoms with Crippen LogP contribution in [0.2, 0.25) is 0 Å². The van der Waals surface area contributed by atoms with E-state index in [1.807, 2.05) is 0 Å². The predicted octanol–water partition coefficient (Wildman–Crippen LogP) is 0.908. The van der Waals surface area contributed by atoms with Gasteiger partial charge in [0.1, 0.15) is 35.9 Å². The lowest BCUT2D eigenvalue weighted by atomic mass is 10.1. The molecule has 1 atom stereocenters. The van der Waals surface area contributed by atoms with Crippen molar-refractivity contribution in [1.82, 2.24) is 34.2 Å². The summed E-state index contributed by atoms with van der Waals surface area (Å²) >= 11 is 0. The maximum absolute atomic E-state index is 13.3. The second-order valence-electron chi connectivity index (χ2n) is 6.63. The Morgan fingerprint density at radius 1 is 1.21 bits per heavy atom. The van der Waals surface area contributed by atoms with Crippen molar-refractivity contribution >= 4 is 16.9 Å². The summed E-state index contributed by atoms with van der Waals surface area (Å²) in [7, 11) is 3.49. The van der Waals surface area contributed by atoms with Crippen LogP contribution in [0.25, 0.3) is 11.0 Å². The van der Waals surface area contributed by atoms with E-state index in [0.717, 1.165) is 0 Å². The van der Waals surface area contributed by atoms with Crippen molar-refractivity contribution < 1.29 is 9.18 Å². The fourth-order valence-corrected chi connectivity index (χ4v) is 3.15. The smallest absolute Gasteiger partial charge is 0.264 e. The van der Waals surface area contributed by atoms with Crippen molar-refractivity contribution in [2.45, 2.75) is 12.6 Å². The van der Waals surface area contributed by atoms with E-state index in [1.54, 1.807) is 43.2 Å². The number of carbonyl (C=O) groups excluding carboxylic acids is 1. The molecule has 0 unspecified atom stereocenters.